The topological polar surface area (TPSA) is 45.7 Å². The normalized spacial score (nSPS) is 20.5. The number of hydrogen-bond acceptors (Lipinski definition) is 2. The first-order valence-electron chi connectivity index (χ1n) is 8.52. The van der Waals surface area contributed by atoms with E-state index in [-0.39, 0.29) is 35.4 Å². The molecule has 0 radical (unpaired) electrons. The van der Waals surface area contributed by atoms with E-state index < -0.39 is 0 Å². The second-order valence-electron chi connectivity index (χ2n) is 6.26. The summed E-state index contributed by atoms with van der Waals surface area (Å²) >= 11 is 0. The van der Waals surface area contributed by atoms with Gasteiger partial charge in [0.1, 0.15) is 5.82 Å². The number of rotatable bonds is 7. The van der Waals surface area contributed by atoms with Crippen molar-refractivity contribution in [2.45, 2.75) is 45.1 Å². The number of aliphatic imine (C=N–C) groups is 1. The molecule has 1 fully saturated rings. The third kappa shape index (κ3) is 7.34. The number of nitrogens with one attached hydrogen (secondary N) is 2. The molecule has 0 aromatic heterocycles. The zero-order chi connectivity index (χ0) is 16.5. The number of aryl methyl sites for hydroxylation is 1. The highest BCUT2D eigenvalue weighted by Crippen LogP contribution is 2.24. The van der Waals surface area contributed by atoms with Crippen LogP contribution in [0.25, 0.3) is 0 Å². The van der Waals surface area contributed by atoms with Gasteiger partial charge in [-0.2, -0.15) is 0 Å². The Hall–Kier alpha value is -0.890. The highest BCUT2D eigenvalue weighted by atomic mass is 127. The third-order valence-electron chi connectivity index (χ3n) is 4.04. The Labute approximate surface area is 161 Å². The fourth-order valence-electron chi connectivity index (χ4n) is 2.74. The van der Waals surface area contributed by atoms with E-state index in [2.05, 4.69) is 29.5 Å². The molecule has 1 atom stereocenters. The van der Waals surface area contributed by atoms with Crippen molar-refractivity contribution in [2.75, 3.05) is 26.2 Å². The number of halogens is 2. The lowest BCUT2D eigenvalue weighted by atomic mass is 10.0. The first kappa shape index (κ1) is 21.2. The molecule has 1 aromatic rings. The van der Waals surface area contributed by atoms with Crippen LogP contribution in [0.15, 0.2) is 29.3 Å². The molecule has 1 heterocycles. The minimum absolute atomic E-state index is 0. The van der Waals surface area contributed by atoms with Gasteiger partial charge in [-0.3, -0.25) is 4.99 Å². The van der Waals surface area contributed by atoms with E-state index in [1.165, 1.54) is 6.07 Å². The molecule has 2 N–H and O–H groups in total. The molecule has 24 heavy (non-hydrogen) atoms. The highest BCUT2D eigenvalue weighted by molar-refractivity contribution is 14.0. The average Bonchev–Trinajstić information content (AvgIpc) is 2.96. The maximum absolute atomic E-state index is 13.1. The van der Waals surface area contributed by atoms with Crippen molar-refractivity contribution in [3.63, 3.8) is 0 Å². The molecular formula is C18H29FIN3O. The summed E-state index contributed by atoms with van der Waals surface area (Å²) in [5.41, 5.74) is 0.907. The Kier molecular flexibility index (Phi) is 9.58. The largest absolute Gasteiger partial charge is 0.373 e. The van der Waals surface area contributed by atoms with Crippen molar-refractivity contribution in [1.82, 2.24) is 10.6 Å². The monoisotopic (exact) mass is 449 g/mol. The second-order valence-corrected chi connectivity index (χ2v) is 6.26. The number of benzene rings is 1. The lowest BCUT2D eigenvalue weighted by molar-refractivity contribution is 0.0283. The maximum atomic E-state index is 13.1. The van der Waals surface area contributed by atoms with Gasteiger partial charge in [-0.05, 0) is 57.2 Å². The van der Waals surface area contributed by atoms with Crippen LogP contribution < -0.4 is 10.6 Å². The molecule has 0 spiro atoms. The number of guanidine groups is 1. The van der Waals surface area contributed by atoms with Gasteiger partial charge in [0.15, 0.2) is 5.96 Å². The van der Waals surface area contributed by atoms with Crippen LogP contribution in [0, 0.1) is 5.82 Å². The summed E-state index contributed by atoms with van der Waals surface area (Å²) in [6.45, 7) is 7.32. The predicted octanol–water partition coefficient (Wildman–Crippen LogP) is 3.50. The molecule has 1 aliphatic heterocycles. The van der Waals surface area contributed by atoms with Crippen molar-refractivity contribution in [3.8, 4) is 0 Å². The second kappa shape index (κ2) is 10.9. The van der Waals surface area contributed by atoms with Gasteiger partial charge in [0, 0.05) is 19.7 Å². The van der Waals surface area contributed by atoms with Crippen molar-refractivity contribution >= 4 is 29.9 Å². The third-order valence-corrected chi connectivity index (χ3v) is 4.04. The molecule has 1 saturated heterocycles. The molecule has 0 bridgehead atoms. The van der Waals surface area contributed by atoms with Gasteiger partial charge in [-0.25, -0.2) is 4.39 Å². The molecule has 4 nitrogen and oxygen atoms in total. The van der Waals surface area contributed by atoms with Gasteiger partial charge in [-0.1, -0.05) is 12.1 Å². The van der Waals surface area contributed by atoms with Crippen LogP contribution in [0.5, 0.6) is 0 Å². The zero-order valence-corrected chi connectivity index (χ0v) is 16.9. The SMILES string of the molecule is CCNC(=NCC1(C)CCCO1)NCCCc1cccc(F)c1.I. The molecule has 1 aromatic carbocycles. The fraction of sp³-hybridized carbons (Fsp3) is 0.611. The molecule has 0 saturated carbocycles. The summed E-state index contributed by atoms with van der Waals surface area (Å²) in [7, 11) is 0. The van der Waals surface area contributed by atoms with Crippen molar-refractivity contribution < 1.29 is 9.13 Å². The Morgan fingerprint density at radius 2 is 2.21 bits per heavy atom. The van der Waals surface area contributed by atoms with Crippen LogP contribution in [0.4, 0.5) is 4.39 Å². The smallest absolute Gasteiger partial charge is 0.191 e. The van der Waals surface area contributed by atoms with Gasteiger partial charge in [0.2, 0.25) is 0 Å². The van der Waals surface area contributed by atoms with E-state index in [0.717, 1.165) is 56.9 Å². The Bertz CT molecular complexity index is 519. The van der Waals surface area contributed by atoms with Crippen LogP contribution >= 0.6 is 24.0 Å². The van der Waals surface area contributed by atoms with Crippen LogP contribution in [-0.4, -0.2) is 37.8 Å². The molecule has 2 rings (SSSR count). The average molecular weight is 449 g/mol. The lowest BCUT2D eigenvalue weighted by Gasteiger charge is -2.21. The van der Waals surface area contributed by atoms with Gasteiger partial charge in [0.05, 0.1) is 12.1 Å². The van der Waals surface area contributed by atoms with E-state index in [9.17, 15) is 4.39 Å². The molecule has 136 valence electrons. The Balaban J connectivity index is 0.00000288. The van der Waals surface area contributed by atoms with Gasteiger partial charge < -0.3 is 15.4 Å². The van der Waals surface area contributed by atoms with Gasteiger partial charge in [0.25, 0.3) is 0 Å². The van der Waals surface area contributed by atoms with E-state index in [0.29, 0.717) is 6.54 Å². The minimum atomic E-state index is -0.171. The Morgan fingerprint density at radius 3 is 2.88 bits per heavy atom. The summed E-state index contributed by atoms with van der Waals surface area (Å²) < 4.78 is 18.9. The van der Waals surface area contributed by atoms with Crippen molar-refractivity contribution in [2.24, 2.45) is 4.99 Å². The molecule has 0 amide bonds. The summed E-state index contributed by atoms with van der Waals surface area (Å²) in [5.74, 6) is 0.652. The van der Waals surface area contributed by atoms with E-state index in [1.54, 1.807) is 12.1 Å². The molecule has 1 aliphatic rings. The first-order chi connectivity index (χ1) is 11.1. The summed E-state index contributed by atoms with van der Waals surface area (Å²) in [6.07, 6.45) is 3.96. The zero-order valence-electron chi connectivity index (χ0n) is 14.6. The van der Waals surface area contributed by atoms with Gasteiger partial charge >= 0.3 is 0 Å². The van der Waals surface area contributed by atoms with Crippen LogP contribution in [0.3, 0.4) is 0 Å². The van der Waals surface area contributed by atoms with E-state index in [4.69, 9.17) is 4.74 Å². The fourth-order valence-corrected chi connectivity index (χ4v) is 2.74. The van der Waals surface area contributed by atoms with Crippen LogP contribution in [0.1, 0.15) is 38.7 Å². The molecule has 6 heteroatoms. The molecule has 1 unspecified atom stereocenters. The Morgan fingerprint density at radius 1 is 1.38 bits per heavy atom. The standard InChI is InChI=1S/C18H28FN3O.HI/c1-3-20-17(22-14-18(2)10-6-12-23-18)21-11-5-8-15-7-4-9-16(19)13-15;/h4,7,9,13H,3,5-6,8,10-12,14H2,1-2H3,(H2,20,21,22);1H. The quantitative estimate of drug-likeness (QED) is 0.290. The summed E-state index contributed by atoms with van der Waals surface area (Å²) in [4.78, 5) is 4.64. The van der Waals surface area contributed by atoms with Crippen molar-refractivity contribution in [1.29, 1.82) is 0 Å². The van der Waals surface area contributed by atoms with Crippen LogP contribution in [-0.2, 0) is 11.2 Å². The first-order valence-corrected chi connectivity index (χ1v) is 8.52. The van der Waals surface area contributed by atoms with E-state index in [1.807, 2.05) is 6.07 Å². The minimum Gasteiger partial charge on any atom is -0.373 e. The van der Waals surface area contributed by atoms with Crippen LogP contribution in [0.2, 0.25) is 0 Å². The maximum Gasteiger partial charge on any atom is 0.191 e. The number of hydrogen-bond donors (Lipinski definition) is 2. The molecule has 0 aliphatic carbocycles. The number of ether oxygens (including phenoxy) is 1. The van der Waals surface area contributed by atoms with Crippen molar-refractivity contribution in [3.05, 3.63) is 35.6 Å². The predicted molar refractivity (Wildman–Crippen MR) is 108 cm³/mol. The lowest BCUT2D eigenvalue weighted by Crippen LogP contribution is -2.39. The molecular weight excluding hydrogens is 420 g/mol. The summed E-state index contributed by atoms with van der Waals surface area (Å²) in [5, 5.41) is 6.59. The highest BCUT2D eigenvalue weighted by Gasteiger charge is 2.29. The van der Waals surface area contributed by atoms with E-state index >= 15 is 0 Å². The summed E-state index contributed by atoms with van der Waals surface area (Å²) in [6, 6.07) is 6.79. The van der Waals surface area contributed by atoms with Gasteiger partial charge in [-0.15, -0.1) is 24.0 Å². The number of nitrogens with zero attached hydrogens (tertiary/aromatic N) is 1.